The number of nitrogens with one attached hydrogen (secondary N) is 2. The molecule has 23 heavy (non-hydrogen) atoms. The van der Waals surface area contributed by atoms with Gasteiger partial charge in [-0.25, -0.2) is 0 Å². The van der Waals surface area contributed by atoms with E-state index in [-0.39, 0.29) is 0 Å². The van der Waals surface area contributed by atoms with Crippen LogP contribution in [-0.4, -0.2) is 24.6 Å². The molecule has 0 saturated carbocycles. The molecular formula is C18H24N4O. The van der Waals surface area contributed by atoms with Crippen molar-refractivity contribution >= 4 is 5.96 Å². The van der Waals surface area contributed by atoms with Crippen LogP contribution in [0.15, 0.2) is 53.7 Å². The third kappa shape index (κ3) is 5.98. The van der Waals surface area contributed by atoms with E-state index in [2.05, 4.69) is 39.7 Å². The minimum atomic E-state index is 0.639. The molecule has 0 aliphatic heterocycles. The van der Waals surface area contributed by atoms with E-state index < -0.39 is 0 Å². The Morgan fingerprint density at radius 3 is 2.74 bits per heavy atom. The van der Waals surface area contributed by atoms with E-state index in [1.54, 1.807) is 13.2 Å². The van der Waals surface area contributed by atoms with Crippen LogP contribution in [0.5, 0.6) is 5.75 Å². The SMILES string of the molecule is CCCOc1cccc(CNC(=NC)NCc2ccccn2)c1. The second-order valence-corrected chi connectivity index (χ2v) is 5.10. The van der Waals surface area contributed by atoms with Crippen LogP contribution in [0.25, 0.3) is 0 Å². The summed E-state index contributed by atoms with van der Waals surface area (Å²) in [6, 6.07) is 14.0. The van der Waals surface area contributed by atoms with Gasteiger partial charge in [0.15, 0.2) is 5.96 Å². The predicted octanol–water partition coefficient (Wildman–Crippen LogP) is 2.74. The fraction of sp³-hybridized carbons (Fsp3) is 0.333. The van der Waals surface area contributed by atoms with Gasteiger partial charge in [0.1, 0.15) is 5.75 Å². The van der Waals surface area contributed by atoms with Gasteiger partial charge in [-0.05, 0) is 36.2 Å². The third-order valence-corrected chi connectivity index (χ3v) is 3.22. The van der Waals surface area contributed by atoms with Crippen molar-refractivity contribution in [1.29, 1.82) is 0 Å². The largest absolute Gasteiger partial charge is 0.494 e. The molecule has 0 bridgehead atoms. The van der Waals surface area contributed by atoms with Gasteiger partial charge in [-0.3, -0.25) is 9.98 Å². The summed E-state index contributed by atoms with van der Waals surface area (Å²) in [7, 11) is 1.76. The molecule has 0 unspecified atom stereocenters. The Balaban J connectivity index is 1.83. The molecule has 1 heterocycles. The summed E-state index contributed by atoms with van der Waals surface area (Å²) in [5.74, 6) is 1.65. The second kappa shape index (κ2) is 9.46. The molecule has 5 nitrogen and oxygen atoms in total. The number of aromatic nitrogens is 1. The molecule has 0 fully saturated rings. The van der Waals surface area contributed by atoms with Gasteiger partial charge < -0.3 is 15.4 Å². The molecule has 5 heteroatoms. The van der Waals surface area contributed by atoms with E-state index in [9.17, 15) is 0 Å². The van der Waals surface area contributed by atoms with Gasteiger partial charge in [0, 0.05) is 19.8 Å². The minimum absolute atomic E-state index is 0.639. The van der Waals surface area contributed by atoms with Gasteiger partial charge in [0.05, 0.1) is 18.8 Å². The van der Waals surface area contributed by atoms with Crippen molar-refractivity contribution in [2.45, 2.75) is 26.4 Å². The Morgan fingerprint density at radius 2 is 2.00 bits per heavy atom. The summed E-state index contributed by atoms with van der Waals surface area (Å²) in [4.78, 5) is 8.51. The summed E-state index contributed by atoms with van der Waals surface area (Å²) < 4.78 is 5.65. The van der Waals surface area contributed by atoms with Gasteiger partial charge >= 0.3 is 0 Å². The average Bonchev–Trinajstić information content (AvgIpc) is 2.61. The highest BCUT2D eigenvalue weighted by Crippen LogP contribution is 2.13. The molecule has 122 valence electrons. The van der Waals surface area contributed by atoms with Crippen LogP contribution in [0.2, 0.25) is 0 Å². The zero-order valence-corrected chi connectivity index (χ0v) is 13.7. The molecule has 2 aromatic rings. The summed E-state index contributed by atoms with van der Waals surface area (Å²) in [6.45, 7) is 4.16. The predicted molar refractivity (Wildman–Crippen MR) is 93.5 cm³/mol. The van der Waals surface area contributed by atoms with E-state index in [0.717, 1.165) is 36.0 Å². The van der Waals surface area contributed by atoms with Crippen LogP contribution in [0.3, 0.4) is 0 Å². The Morgan fingerprint density at radius 1 is 1.13 bits per heavy atom. The topological polar surface area (TPSA) is 58.5 Å². The van der Waals surface area contributed by atoms with Gasteiger partial charge in [-0.1, -0.05) is 25.1 Å². The van der Waals surface area contributed by atoms with Crippen molar-refractivity contribution in [3.63, 3.8) is 0 Å². The van der Waals surface area contributed by atoms with Gasteiger partial charge in [0.2, 0.25) is 0 Å². The lowest BCUT2D eigenvalue weighted by molar-refractivity contribution is 0.317. The number of guanidine groups is 1. The summed E-state index contributed by atoms with van der Waals surface area (Å²) >= 11 is 0. The van der Waals surface area contributed by atoms with Crippen LogP contribution in [-0.2, 0) is 13.1 Å². The average molecular weight is 312 g/mol. The fourth-order valence-electron chi connectivity index (χ4n) is 2.05. The van der Waals surface area contributed by atoms with Crippen LogP contribution in [0, 0.1) is 0 Å². The monoisotopic (exact) mass is 312 g/mol. The Bertz CT molecular complexity index is 613. The lowest BCUT2D eigenvalue weighted by atomic mass is 10.2. The molecule has 1 aromatic heterocycles. The van der Waals surface area contributed by atoms with Crippen LogP contribution in [0.4, 0.5) is 0 Å². The zero-order chi connectivity index (χ0) is 16.3. The number of hydrogen-bond donors (Lipinski definition) is 2. The number of benzene rings is 1. The minimum Gasteiger partial charge on any atom is -0.494 e. The van der Waals surface area contributed by atoms with Crippen LogP contribution in [0.1, 0.15) is 24.6 Å². The molecule has 0 saturated heterocycles. The lowest BCUT2D eigenvalue weighted by Crippen LogP contribution is -2.36. The highest BCUT2D eigenvalue weighted by atomic mass is 16.5. The van der Waals surface area contributed by atoms with E-state index in [4.69, 9.17) is 4.74 Å². The number of pyridine rings is 1. The summed E-state index contributed by atoms with van der Waals surface area (Å²) in [5, 5.41) is 6.54. The standard InChI is InChI=1S/C18H24N4O/c1-3-11-23-17-9-6-7-15(12-17)13-21-18(19-2)22-14-16-8-4-5-10-20-16/h4-10,12H,3,11,13-14H2,1-2H3,(H2,19,21,22). The first kappa shape index (κ1) is 16.8. The molecule has 0 radical (unpaired) electrons. The maximum atomic E-state index is 5.65. The van der Waals surface area contributed by atoms with Crippen LogP contribution >= 0.6 is 0 Å². The zero-order valence-electron chi connectivity index (χ0n) is 13.7. The summed E-state index contributed by atoms with van der Waals surface area (Å²) in [5.41, 5.74) is 2.13. The molecule has 0 amide bonds. The Hall–Kier alpha value is -2.56. The number of aliphatic imine (C=N–C) groups is 1. The maximum Gasteiger partial charge on any atom is 0.191 e. The van der Waals surface area contributed by atoms with Crippen molar-refractivity contribution < 1.29 is 4.74 Å². The molecular weight excluding hydrogens is 288 g/mol. The smallest absolute Gasteiger partial charge is 0.191 e. The first-order valence-corrected chi connectivity index (χ1v) is 7.88. The van der Waals surface area contributed by atoms with E-state index in [0.29, 0.717) is 13.1 Å². The van der Waals surface area contributed by atoms with Crippen molar-refractivity contribution in [2.24, 2.45) is 4.99 Å². The maximum absolute atomic E-state index is 5.65. The third-order valence-electron chi connectivity index (χ3n) is 3.22. The molecule has 0 atom stereocenters. The fourth-order valence-corrected chi connectivity index (χ4v) is 2.05. The van der Waals surface area contributed by atoms with Crippen molar-refractivity contribution in [3.8, 4) is 5.75 Å². The molecule has 2 N–H and O–H groups in total. The first-order valence-electron chi connectivity index (χ1n) is 7.88. The molecule has 0 aliphatic rings. The quantitative estimate of drug-likeness (QED) is 0.610. The van der Waals surface area contributed by atoms with Crippen LogP contribution < -0.4 is 15.4 Å². The highest BCUT2D eigenvalue weighted by molar-refractivity contribution is 5.79. The van der Waals surface area contributed by atoms with E-state index in [1.165, 1.54) is 0 Å². The molecule has 0 aliphatic carbocycles. The van der Waals surface area contributed by atoms with Gasteiger partial charge in [-0.2, -0.15) is 0 Å². The van der Waals surface area contributed by atoms with E-state index in [1.807, 2.05) is 30.3 Å². The molecule has 2 rings (SSSR count). The Kier molecular flexibility index (Phi) is 6.91. The number of hydrogen-bond acceptors (Lipinski definition) is 3. The normalized spacial score (nSPS) is 11.1. The van der Waals surface area contributed by atoms with Gasteiger partial charge in [0.25, 0.3) is 0 Å². The highest BCUT2D eigenvalue weighted by Gasteiger charge is 2.01. The Labute approximate surface area is 137 Å². The second-order valence-electron chi connectivity index (χ2n) is 5.10. The van der Waals surface area contributed by atoms with Crippen molar-refractivity contribution in [2.75, 3.05) is 13.7 Å². The van der Waals surface area contributed by atoms with Crippen molar-refractivity contribution in [1.82, 2.24) is 15.6 Å². The van der Waals surface area contributed by atoms with E-state index >= 15 is 0 Å². The number of nitrogens with zero attached hydrogens (tertiary/aromatic N) is 2. The molecule has 0 spiro atoms. The number of ether oxygens (including phenoxy) is 1. The van der Waals surface area contributed by atoms with Gasteiger partial charge in [-0.15, -0.1) is 0 Å². The van der Waals surface area contributed by atoms with Crippen molar-refractivity contribution in [3.05, 3.63) is 59.9 Å². The lowest BCUT2D eigenvalue weighted by Gasteiger charge is -2.12. The summed E-state index contributed by atoms with van der Waals surface area (Å²) in [6.07, 6.45) is 2.79. The first-order chi connectivity index (χ1) is 11.3. The number of rotatable bonds is 7. The molecule has 1 aromatic carbocycles.